The first-order valence-corrected chi connectivity index (χ1v) is 10.6. The van der Waals surface area contributed by atoms with Crippen molar-refractivity contribution in [3.63, 3.8) is 0 Å². The van der Waals surface area contributed by atoms with Gasteiger partial charge in [-0.25, -0.2) is 8.42 Å². The third kappa shape index (κ3) is 4.64. The molecular weight excluding hydrogens is 348 g/mol. The van der Waals surface area contributed by atoms with E-state index in [9.17, 15) is 13.2 Å². The Morgan fingerprint density at radius 2 is 1.69 bits per heavy atom. The molecule has 0 saturated carbocycles. The van der Waals surface area contributed by atoms with Crippen molar-refractivity contribution in [1.82, 2.24) is 5.32 Å². The molecule has 1 atom stereocenters. The predicted molar refractivity (Wildman–Crippen MR) is 103 cm³/mol. The molecule has 2 aromatic rings. The first-order chi connectivity index (χ1) is 12.6. The molecule has 5 nitrogen and oxygen atoms in total. The van der Waals surface area contributed by atoms with Crippen molar-refractivity contribution in [3.05, 3.63) is 60.7 Å². The van der Waals surface area contributed by atoms with Crippen LogP contribution in [0.5, 0.6) is 0 Å². The molecule has 2 aromatic carbocycles. The summed E-state index contributed by atoms with van der Waals surface area (Å²) in [5, 5.41) is 2.90. The first kappa shape index (κ1) is 18.5. The Morgan fingerprint density at radius 1 is 1.04 bits per heavy atom. The Hall–Kier alpha value is -2.34. The van der Waals surface area contributed by atoms with Crippen LogP contribution in [0, 0.1) is 0 Å². The average Bonchev–Trinajstić information content (AvgIpc) is 3.15. The Kier molecular flexibility index (Phi) is 5.93. The largest absolute Gasteiger partial charge is 0.367 e. The van der Waals surface area contributed by atoms with E-state index < -0.39 is 9.84 Å². The van der Waals surface area contributed by atoms with E-state index >= 15 is 0 Å². The standard InChI is InChI=1S/C20H24N2O3S/c23-20(13-15-26(24,25)19-11-5-2-6-12-19)21-16-18-10-7-14-22(18)17-8-3-1-4-9-17/h1-6,8-9,11-12,18H,7,10,13-16H2,(H,21,23)/t18-/m0/s1. The Balaban J connectivity index is 1.50. The summed E-state index contributed by atoms with van der Waals surface area (Å²) < 4.78 is 24.5. The van der Waals surface area contributed by atoms with Gasteiger partial charge in [0.25, 0.3) is 0 Å². The minimum absolute atomic E-state index is 0.0186. The SMILES string of the molecule is O=C(CCS(=O)(=O)c1ccccc1)NC[C@@H]1CCCN1c1ccccc1. The van der Waals surface area contributed by atoms with Crippen LogP contribution in [-0.2, 0) is 14.6 Å². The first-order valence-electron chi connectivity index (χ1n) is 8.92. The van der Waals surface area contributed by atoms with Crippen LogP contribution in [0.1, 0.15) is 19.3 Å². The van der Waals surface area contributed by atoms with Gasteiger partial charge in [-0.05, 0) is 37.1 Å². The molecule has 1 saturated heterocycles. The molecule has 1 N–H and O–H groups in total. The molecule has 0 radical (unpaired) electrons. The molecule has 3 rings (SSSR count). The molecule has 0 spiro atoms. The van der Waals surface area contributed by atoms with Crippen molar-refractivity contribution in [3.8, 4) is 0 Å². The summed E-state index contributed by atoms with van der Waals surface area (Å²) in [5.74, 6) is -0.389. The lowest BCUT2D eigenvalue weighted by Gasteiger charge is -2.27. The number of amides is 1. The number of para-hydroxylation sites is 1. The summed E-state index contributed by atoms with van der Waals surface area (Å²) in [6.45, 7) is 1.52. The summed E-state index contributed by atoms with van der Waals surface area (Å²) in [5.41, 5.74) is 1.16. The molecule has 138 valence electrons. The highest BCUT2D eigenvalue weighted by Crippen LogP contribution is 2.24. The quantitative estimate of drug-likeness (QED) is 0.811. The second-order valence-electron chi connectivity index (χ2n) is 6.51. The fraction of sp³-hybridized carbons (Fsp3) is 0.350. The highest BCUT2D eigenvalue weighted by molar-refractivity contribution is 7.91. The Labute approximate surface area is 154 Å². The fourth-order valence-corrected chi connectivity index (χ4v) is 4.56. The van der Waals surface area contributed by atoms with Crippen LogP contribution in [0.25, 0.3) is 0 Å². The second-order valence-corrected chi connectivity index (χ2v) is 8.62. The summed E-state index contributed by atoms with van der Waals surface area (Å²) in [6, 6.07) is 18.7. The Morgan fingerprint density at radius 3 is 2.38 bits per heavy atom. The highest BCUT2D eigenvalue weighted by atomic mass is 32.2. The highest BCUT2D eigenvalue weighted by Gasteiger charge is 2.25. The van der Waals surface area contributed by atoms with E-state index in [1.54, 1.807) is 30.3 Å². The molecule has 0 aliphatic carbocycles. The van der Waals surface area contributed by atoms with E-state index in [1.165, 1.54) is 0 Å². The van der Waals surface area contributed by atoms with Crippen LogP contribution in [-0.4, -0.2) is 39.2 Å². The molecule has 6 heteroatoms. The van der Waals surface area contributed by atoms with Crippen LogP contribution in [0.3, 0.4) is 0 Å². The van der Waals surface area contributed by atoms with Gasteiger partial charge in [0.15, 0.2) is 9.84 Å². The van der Waals surface area contributed by atoms with Gasteiger partial charge >= 0.3 is 0 Å². The van der Waals surface area contributed by atoms with Gasteiger partial charge in [-0.15, -0.1) is 0 Å². The normalized spacial score (nSPS) is 17.2. The lowest BCUT2D eigenvalue weighted by molar-refractivity contribution is -0.120. The van der Waals surface area contributed by atoms with Crippen molar-refractivity contribution >= 4 is 21.4 Å². The average molecular weight is 372 g/mol. The van der Waals surface area contributed by atoms with Gasteiger partial charge in [0.2, 0.25) is 5.91 Å². The number of benzene rings is 2. The number of hydrogen-bond donors (Lipinski definition) is 1. The number of carbonyl (C=O) groups excluding carboxylic acids is 1. The number of carbonyl (C=O) groups is 1. The predicted octanol–water partition coefficient (Wildman–Crippen LogP) is 2.64. The van der Waals surface area contributed by atoms with Crippen LogP contribution in [0.2, 0.25) is 0 Å². The number of sulfone groups is 1. The summed E-state index contributed by atoms with van der Waals surface area (Å²) in [6.07, 6.45) is 2.10. The van der Waals surface area contributed by atoms with Crippen LogP contribution in [0.15, 0.2) is 65.6 Å². The molecule has 1 aliphatic heterocycles. The van der Waals surface area contributed by atoms with Gasteiger partial charge in [-0.3, -0.25) is 4.79 Å². The van der Waals surface area contributed by atoms with Gasteiger partial charge < -0.3 is 10.2 Å². The maximum absolute atomic E-state index is 12.2. The van der Waals surface area contributed by atoms with Gasteiger partial charge in [-0.1, -0.05) is 36.4 Å². The number of hydrogen-bond acceptors (Lipinski definition) is 4. The van der Waals surface area contributed by atoms with E-state index in [4.69, 9.17) is 0 Å². The lowest BCUT2D eigenvalue weighted by Crippen LogP contribution is -2.40. The topological polar surface area (TPSA) is 66.5 Å². The molecule has 1 aliphatic rings. The number of nitrogens with one attached hydrogen (secondary N) is 1. The zero-order valence-electron chi connectivity index (χ0n) is 14.7. The van der Waals surface area contributed by atoms with E-state index in [2.05, 4.69) is 22.3 Å². The van der Waals surface area contributed by atoms with Crippen LogP contribution < -0.4 is 10.2 Å². The second kappa shape index (κ2) is 8.36. The van der Waals surface area contributed by atoms with Gasteiger partial charge in [0.05, 0.1) is 10.6 Å². The van der Waals surface area contributed by atoms with E-state index in [0.29, 0.717) is 6.54 Å². The minimum Gasteiger partial charge on any atom is -0.367 e. The maximum atomic E-state index is 12.2. The number of rotatable bonds is 7. The number of nitrogens with zero attached hydrogens (tertiary/aromatic N) is 1. The van der Waals surface area contributed by atoms with Crippen molar-refractivity contribution in [1.29, 1.82) is 0 Å². The monoisotopic (exact) mass is 372 g/mol. The van der Waals surface area contributed by atoms with Crippen LogP contribution >= 0.6 is 0 Å². The van der Waals surface area contributed by atoms with Gasteiger partial charge in [0.1, 0.15) is 0 Å². The van der Waals surface area contributed by atoms with Gasteiger partial charge in [-0.2, -0.15) is 0 Å². The van der Waals surface area contributed by atoms with Crippen molar-refractivity contribution < 1.29 is 13.2 Å². The van der Waals surface area contributed by atoms with Crippen molar-refractivity contribution in [2.75, 3.05) is 23.7 Å². The maximum Gasteiger partial charge on any atom is 0.221 e. The lowest BCUT2D eigenvalue weighted by atomic mass is 10.2. The van der Waals surface area contributed by atoms with E-state index in [0.717, 1.165) is 25.1 Å². The molecular formula is C20H24N2O3S. The van der Waals surface area contributed by atoms with Crippen molar-refractivity contribution in [2.45, 2.75) is 30.2 Å². The summed E-state index contributed by atoms with van der Waals surface area (Å²) in [7, 11) is -3.42. The summed E-state index contributed by atoms with van der Waals surface area (Å²) >= 11 is 0. The molecule has 1 amide bonds. The molecule has 0 bridgehead atoms. The molecule has 0 aromatic heterocycles. The smallest absolute Gasteiger partial charge is 0.221 e. The molecule has 0 unspecified atom stereocenters. The third-order valence-electron chi connectivity index (χ3n) is 4.70. The van der Waals surface area contributed by atoms with E-state index in [-0.39, 0.29) is 29.0 Å². The van der Waals surface area contributed by atoms with Gasteiger partial charge in [0, 0.05) is 31.2 Å². The van der Waals surface area contributed by atoms with Crippen LogP contribution in [0.4, 0.5) is 5.69 Å². The summed E-state index contributed by atoms with van der Waals surface area (Å²) in [4.78, 5) is 14.7. The Bertz CT molecular complexity index is 823. The minimum atomic E-state index is -3.42. The molecule has 1 fully saturated rings. The fourth-order valence-electron chi connectivity index (χ4n) is 3.30. The zero-order valence-corrected chi connectivity index (χ0v) is 15.5. The zero-order chi connectivity index (χ0) is 18.4. The third-order valence-corrected chi connectivity index (χ3v) is 6.43. The van der Waals surface area contributed by atoms with E-state index in [1.807, 2.05) is 18.2 Å². The number of anilines is 1. The molecule has 26 heavy (non-hydrogen) atoms. The molecule has 1 heterocycles. The van der Waals surface area contributed by atoms with Crippen molar-refractivity contribution in [2.24, 2.45) is 0 Å².